The van der Waals surface area contributed by atoms with Crippen LogP contribution in [-0.4, -0.2) is 72.4 Å². The molecule has 1 fully saturated rings. The normalized spacial score (nSPS) is 17.3. The number of nitrogens with zero attached hydrogens (tertiary/aromatic N) is 1. The highest BCUT2D eigenvalue weighted by Gasteiger charge is 2.36. The summed E-state index contributed by atoms with van der Waals surface area (Å²) in [5.74, 6) is -0.774. The van der Waals surface area contributed by atoms with Gasteiger partial charge in [0.2, 0.25) is 5.91 Å². The number of nitrogens with one attached hydrogen (secondary N) is 2. The van der Waals surface area contributed by atoms with E-state index in [4.69, 9.17) is 14.2 Å². The van der Waals surface area contributed by atoms with Crippen LogP contribution in [0.15, 0.2) is 0 Å². The molecule has 1 aliphatic rings. The Balaban J connectivity index is 2.45. The highest BCUT2D eigenvalue weighted by Crippen LogP contribution is 2.21. The van der Waals surface area contributed by atoms with Gasteiger partial charge in [-0.3, -0.25) is 9.69 Å². The lowest BCUT2D eigenvalue weighted by Crippen LogP contribution is -2.47. The Labute approximate surface area is 190 Å². The SMILES string of the molecule is COC(=O)[C@H](CCCCNC(=O)[C@@H]1CCCN1C(=O)OC(C)(C)C)NC(=O)OC(C)(C)C. The van der Waals surface area contributed by atoms with Gasteiger partial charge in [0.05, 0.1) is 7.11 Å². The molecule has 0 aromatic rings. The summed E-state index contributed by atoms with van der Waals surface area (Å²) in [6.45, 7) is 11.4. The zero-order valence-electron chi connectivity index (χ0n) is 20.4. The molecule has 0 bridgehead atoms. The summed E-state index contributed by atoms with van der Waals surface area (Å²) < 4.78 is 15.3. The van der Waals surface area contributed by atoms with Crippen LogP contribution in [0.25, 0.3) is 0 Å². The van der Waals surface area contributed by atoms with E-state index in [9.17, 15) is 19.2 Å². The molecule has 0 saturated carbocycles. The summed E-state index contributed by atoms with van der Waals surface area (Å²) in [5.41, 5.74) is -1.30. The smallest absolute Gasteiger partial charge is 0.410 e. The Hall–Kier alpha value is -2.52. The standard InChI is InChI=1S/C22H39N3O7/c1-21(2,3)31-19(28)24-15(18(27)30-7)11-8-9-13-23-17(26)16-12-10-14-25(16)20(29)32-22(4,5)6/h15-16H,8-14H2,1-7H3,(H,23,26)(H,24,28)/t15-,16-/m0/s1. The van der Waals surface area contributed by atoms with E-state index in [1.54, 1.807) is 41.5 Å². The van der Waals surface area contributed by atoms with Crippen LogP contribution >= 0.6 is 0 Å². The molecule has 1 heterocycles. The predicted octanol–water partition coefficient (Wildman–Crippen LogP) is 2.74. The number of amides is 3. The average Bonchev–Trinajstić information content (AvgIpc) is 3.13. The Morgan fingerprint density at radius 1 is 1.00 bits per heavy atom. The van der Waals surface area contributed by atoms with Gasteiger partial charge in [-0.2, -0.15) is 0 Å². The van der Waals surface area contributed by atoms with Gasteiger partial charge in [0.15, 0.2) is 0 Å². The number of hydrogen-bond acceptors (Lipinski definition) is 7. The monoisotopic (exact) mass is 457 g/mol. The average molecular weight is 458 g/mol. The van der Waals surface area contributed by atoms with Gasteiger partial charge in [0.1, 0.15) is 23.3 Å². The molecule has 32 heavy (non-hydrogen) atoms. The molecule has 1 saturated heterocycles. The molecule has 0 aliphatic carbocycles. The number of carbonyl (C=O) groups excluding carboxylic acids is 4. The number of rotatable bonds is 8. The van der Waals surface area contributed by atoms with E-state index in [0.29, 0.717) is 38.8 Å². The van der Waals surface area contributed by atoms with Gasteiger partial charge < -0.3 is 24.8 Å². The van der Waals surface area contributed by atoms with Crippen LogP contribution in [0.4, 0.5) is 9.59 Å². The molecule has 10 nitrogen and oxygen atoms in total. The molecule has 0 aromatic heterocycles. The van der Waals surface area contributed by atoms with Crippen LogP contribution in [0.2, 0.25) is 0 Å². The third kappa shape index (κ3) is 10.2. The third-order valence-corrected chi connectivity index (χ3v) is 4.58. The lowest BCUT2D eigenvalue weighted by Gasteiger charge is -2.28. The minimum absolute atomic E-state index is 0.218. The second kappa shape index (κ2) is 11.9. The van der Waals surface area contributed by atoms with Crippen molar-refractivity contribution in [3.05, 3.63) is 0 Å². The van der Waals surface area contributed by atoms with E-state index in [1.807, 2.05) is 0 Å². The number of ether oxygens (including phenoxy) is 3. The number of likely N-dealkylation sites (tertiary alicyclic amines) is 1. The van der Waals surface area contributed by atoms with E-state index >= 15 is 0 Å². The summed E-state index contributed by atoms with van der Waals surface area (Å²) in [7, 11) is 1.25. The van der Waals surface area contributed by atoms with Gasteiger partial charge in [-0.15, -0.1) is 0 Å². The minimum Gasteiger partial charge on any atom is -0.467 e. The predicted molar refractivity (Wildman–Crippen MR) is 118 cm³/mol. The van der Waals surface area contributed by atoms with Crippen molar-refractivity contribution in [2.75, 3.05) is 20.2 Å². The van der Waals surface area contributed by atoms with Crippen LogP contribution < -0.4 is 10.6 Å². The molecule has 3 amide bonds. The fourth-order valence-corrected chi connectivity index (χ4v) is 3.22. The molecule has 0 spiro atoms. The van der Waals surface area contributed by atoms with Gasteiger partial charge in [0, 0.05) is 13.1 Å². The first-order chi connectivity index (χ1) is 14.7. The molecule has 10 heteroatoms. The van der Waals surface area contributed by atoms with Crippen LogP contribution in [-0.2, 0) is 23.8 Å². The maximum Gasteiger partial charge on any atom is 0.410 e. The topological polar surface area (TPSA) is 123 Å². The van der Waals surface area contributed by atoms with Gasteiger partial charge in [-0.05, 0) is 73.6 Å². The Morgan fingerprint density at radius 2 is 1.62 bits per heavy atom. The van der Waals surface area contributed by atoms with Crippen molar-refractivity contribution in [1.29, 1.82) is 0 Å². The summed E-state index contributed by atoms with van der Waals surface area (Å²) in [6.07, 6.45) is 1.66. The first kappa shape index (κ1) is 27.5. The van der Waals surface area contributed by atoms with Crippen molar-refractivity contribution in [3.8, 4) is 0 Å². The van der Waals surface area contributed by atoms with E-state index in [-0.39, 0.29) is 5.91 Å². The fourth-order valence-electron chi connectivity index (χ4n) is 3.22. The fraction of sp³-hybridized carbons (Fsp3) is 0.818. The molecular formula is C22H39N3O7. The highest BCUT2D eigenvalue weighted by molar-refractivity contribution is 5.86. The first-order valence-corrected chi connectivity index (χ1v) is 11.1. The van der Waals surface area contributed by atoms with Crippen LogP contribution in [0, 0.1) is 0 Å². The van der Waals surface area contributed by atoms with Crippen LogP contribution in [0.3, 0.4) is 0 Å². The minimum atomic E-state index is -0.831. The van der Waals surface area contributed by atoms with E-state index < -0.39 is 41.4 Å². The Kier molecular flexibility index (Phi) is 10.2. The quantitative estimate of drug-likeness (QED) is 0.326. The third-order valence-electron chi connectivity index (χ3n) is 4.58. The molecule has 0 unspecified atom stereocenters. The van der Waals surface area contributed by atoms with Gasteiger partial charge >= 0.3 is 18.2 Å². The lowest BCUT2D eigenvalue weighted by atomic mass is 10.1. The van der Waals surface area contributed by atoms with Crippen molar-refractivity contribution < 1.29 is 33.4 Å². The number of alkyl carbamates (subject to hydrolysis) is 1. The van der Waals surface area contributed by atoms with Crippen LogP contribution in [0.5, 0.6) is 0 Å². The number of unbranched alkanes of at least 4 members (excludes halogenated alkanes) is 1. The number of hydrogen-bond donors (Lipinski definition) is 2. The maximum absolute atomic E-state index is 12.5. The maximum atomic E-state index is 12.5. The van der Waals surface area contributed by atoms with Crippen molar-refractivity contribution >= 4 is 24.1 Å². The Morgan fingerprint density at radius 3 is 2.19 bits per heavy atom. The molecule has 0 aromatic carbocycles. The molecule has 2 atom stereocenters. The van der Waals surface area contributed by atoms with Crippen molar-refractivity contribution in [1.82, 2.24) is 15.5 Å². The molecule has 1 aliphatic heterocycles. The Bertz CT molecular complexity index is 667. The number of esters is 1. The molecular weight excluding hydrogens is 418 g/mol. The first-order valence-electron chi connectivity index (χ1n) is 11.1. The summed E-state index contributed by atoms with van der Waals surface area (Å²) in [4.78, 5) is 50.2. The zero-order chi connectivity index (χ0) is 24.5. The van der Waals surface area contributed by atoms with Crippen molar-refractivity contribution in [2.24, 2.45) is 0 Å². The van der Waals surface area contributed by atoms with Gasteiger partial charge in [0.25, 0.3) is 0 Å². The summed E-state index contributed by atoms with van der Waals surface area (Å²) in [6, 6.07) is -1.37. The molecule has 1 rings (SSSR count). The number of methoxy groups -OCH3 is 1. The largest absolute Gasteiger partial charge is 0.467 e. The summed E-state index contributed by atoms with van der Waals surface area (Å²) >= 11 is 0. The second-order valence-electron chi connectivity index (χ2n) is 9.84. The lowest BCUT2D eigenvalue weighted by molar-refractivity contribution is -0.143. The van der Waals surface area contributed by atoms with E-state index in [2.05, 4.69) is 10.6 Å². The molecule has 0 radical (unpaired) electrons. The second-order valence-corrected chi connectivity index (χ2v) is 9.84. The van der Waals surface area contributed by atoms with Crippen molar-refractivity contribution in [3.63, 3.8) is 0 Å². The van der Waals surface area contributed by atoms with Gasteiger partial charge in [-0.1, -0.05) is 0 Å². The van der Waals surface area contributed by atoms with Gasteiger partial charge in [-0.25, -0.2) is 14.4 Å². The van der Waals surface area contributed by atoms with Crippen LogP contribution in [0.1, 0.15) is 73.6 Å². The van der Waals surface area contributed by atoms with Crippen molar-refractivity contribution in [2.45, 2.75) is 96.9 Å². The molecule has 184 valence electrons. The molecule has 2 N–H and O–H groups in total. The summed E-state index contributed by atoms with van der Waals surface area (Å²) in [5, 5.41) is 5.37. The van der Waals surface area contributed by atoms with E-state index in [0.717, 1.165) is 6.42 Å². The van der Waals surface area contributed by atoms with E-state index in [1.165, 1.54) is 12.0 Å². The zero-order valence-corrected chi connectivity index (χ0v) is 20.4. The number of carbonyl (C=O) groups is 4. The highest BCUT2D eigenvalue weighted by atomic mass is 16.6.